The number of anilines is 2. The number of para-hydroxylation sites is 2. The normalized spacial score (nSPS) is 23.5. The summed E-state index contributed by atoms with van der Waals surface area (Å²) in [7, 11) is -3.19. The van der Waals surface area contributed by atoms with Crippen LogP contribution in [0.4, 0.5) is 11.4 Å². The Morgan fingerprint density at radius 1 is 1.24 bits per heavy atom. The van der Waals surface area contributed by atoms with Crippen LogP contribution in [0.25, 0.3) is 0 Å². The highest BCUT2D eigenvalue weighted by Crippen LogP contribution is 2.27. The van der Waals surface area contributed by atoms with E-state index < -0.39 is 10.0 Å². The first-order valence-corrected chi connectivity index (χ1v) is 12.4. The van der Waals surface area contributed by atoms with Gasteiger partial charge in [-0.25, -0.2) is 8.42 Å². The molecule has 0 bridgehead atoms. The van der Waals surface area contributed by atoms with Crippen LogP contribution in [0.3, 0.4) is 0 Å². The Bertz CT molecular complexity index is 856. The van der Waals surface area contributed by atoms with E-state index in [9.17, 15) is 18.0 Å². The first-order chi connectivity index (χ1) is 13.7. The maximum atomic E-state index is 12.5. The van der Waals surface area contributed by atoms with Crippen LogP contribution in [0.5, 0.6) is 0 Å². The Hall–Kier alpha value is -1.82. The van der Waals surface area contributed by atoms with E-state index in [2.05, 4.69) is 20.9 Å². The molecule has 160 valence electrons. The Morgan fingerprint density at radius 2 is 1.93 bits per heavy atom. The molecular weight excluding hydrogens is 414 g/mol. The van der Waals surface area contributed by atoms with Crippen LogP contribution in [-0.2, 0) is 19.6 Å². The van der Waals surface area contributed by atoms with E-state index in [4.69, 9.17) is 0 Å². The summed E-state index contributed by atoms with van der Waals surface area (Å²) in [5, 5.41) is 8.99. The molecule has 2 atom stereocenters. The van der Waals surface area contributed by atoms with Gasteiger partial charge >= 0.3 is 0 Å². The number of piperazine rings is 1. The number of carbonyl (C=O) groups is 2. The first-order valence-electron chi connectivity index (χ1n) is 9.48. The van der Waals surface area contributed by atoms with Gasteiger partial charge in [-0.15, -0.1) is 11.8 Å². The molecule has 0 aliphatic carbocycles. The molecule has 1 aromatic carbocycles. The SMILES string of the molecule is CC1CC(=O)NC(SCC(=O)Nc2ccccc2N2CCN(S(C)(=O)=O)CC2)N1. The number of rotatable bonds is 6. The summed E-state index contributed by atoms with van der Waals surface area (Å²) >= 11 is 1.33. The van der Waals surface area contributed by atoms with Gasteiger partial charge in [-0.3, -0.25) is 14.9 Å². The third-order valence-corrected chi connectivity index (χ3v) is 7.15. The Balaban J connectivity index is 1.56. The van der Waals surface area contributed by atoms with Gasteiger partial charge in [-0.05, 0) is 19.1 Å². The molecule has 3 rings (SSSR count). The highest BCUT2D eigenvalue weighted by molar-refractivity contribution is 8.00. The quantitative estimate of drug-likeness (QED) is 0.579. The summed E-state index contributed by atoms with van der Waals surface area (Å²) in [4.78, 5) is 26.1. The van der Waals surface area contributed by atoms with Crippen molar-refractivity contribution >= 4 is 45.0 Å². The van der Waals surface area contributed by atoms with E-state index in [-0.39, 0.29) is 29.1 Å². The molecular formula is C18H27N5O4S2. The molecule has 11 heteroatoms. The highest BCUT2D eigenvalue weighted by atomic mass is 32.2. The Labute approximate surface area is 175 Å². The minimum absolute atomic E-state index is 0.0206. The van der Waals surface area contributed by atoms with E-state index in [0.29, 0.717) is 38.3 Å². The predicted molar refractivity (Wildman–Crippen MR) is 115 cm³/mol. The topological polar surface area (TPSA) is 111 Å². The summed E-state index contributed by atoms with van der Waals surface area (Å²) in [6.45, 7) is 3.89. The van der Waals surface area contributed by atoms with Crippen molar-refractivity contribution in [3.8, 4) is 0 Å². The second kappa shape index (κ2) is 9.33. The van der Waals surface area contributed by atoms with E-state index >= 15 is 0 Å². The molecule has 9 nitrogen and oxygen atoms in total. The van der Waals surface area contributed by atoms with Crippen molar-refractivity contribution in [3.05, 3.63) is 24.3 Å². The molecule has 3 N–H and O–H groups in total. The van der Waals surface area contributed by atoms with Crippen molar-refractivity contribution in [2.24, 2.45) is 0 Å². The highest BCUT2D eigenvalue weighted by Gasteiger charge is 2.26. The summed E-state index contributed by atoms with van der Waals surface area (Å²) in [5.74, 6) is 0.0140. The molecule has 2 fully saturated rings. The Morgan fingerprint density at radius 3 is 2.59 bits per heavy atom. The molecule has 2 aliphatic heterocycles. The lowest BCUT2D eigenvalue weighted by Crippen LogP contribution is -2.53. The zero-order valence-corrected chi connectivity index (χ0v) is 18.2. The van der Waals surface area contributed by atoms with E-state index in [0.717, 1.165) is 5.69 Å². The fraction of sp³-hybridized carbons (Fsp3) is 0.556. The molecule has 0 saturated carbocycles. The lowest BCUT2D eigenvalue weighted by Gasteiger charge is -2.35. The van der Waals surface area contributed by atoms with Crippen LogP contribution in [0.2, 0.25) is 0 Å². The molecule has 2 amide bonds. The van der Waals surface area contributed by atoms with Crippen LogP contribution in [-0.4, -0.2) is 74.3 Å². The van der Waals surface area contributed by atoms with E-state index in [1.54, 1.807) is 0 Å². The lowest BCUT2D eigenvalue weighted by molar-refractivity contribution is -0.123. The fourth-order valence-electron chi connectivity index (χ4n) is 3.39. The van der Waals surface area contributed by atoms with Crippen molar-refractivity contribution in [1.29, 1.82) is 0 Å². The average molecular weight is 442 g/mol. The van der Waals surface area contributed by atoms with Gasteiger partial charge in [0.1, 0.15) is 5.50 Å². The number of nitrogens with one attached hydrogen (secondary N) is 3. The molecule has 2 heterocycles. The zero-order chi connectivity index (χ0) is 21.0. The molecule has 0 aromatic heterocycles. The third kappa shape index (κ3) is 6.08. The van der Waals surface area contributed by atoms with Gasteiger partial charge in [0.25, 0.3) is 0 Å². The number of nitrogens with zero attached hydrogens (tertiary/aromatic N) is 2. The van der Waals surface area contributed by atoms with Crippen LogP contribution >= 0.6 is 11.8 Å². The van der Waals surface area contributed by atoms with Crippen molar-refractivity contribution < 1.29 is 18.0 Å². The van der Waals surface area contributed by atoms with Crippen LogP contribution < -0.4 is 20.9 Å². The monoisotopic (exact) mass is 441 g/mol. The van der Waals surface area contributed by atoms with Crippen LogP contribution in [0.15, 0.2) is 24.3 Å². The van der Waals surface area contributed by atoms with Gasteiger partial charge in [0.2, 0.25) is 21.8 Å². The van der Waals surface area contributed by atoms with Gasteiger partial charge in [0.05, 0.1) is 23.4 Å². The van der Waals surface area contributed by atoms with Gasteiger partial charge in [-0.1, -0.05) is 12.1 Å². The minimum Gasteiger partial charge on any atom is -0.367 e. The second-order valence-electron chi connectivity index (χ2n) is 7.24. The van der Waals surface area contributed by atoms with E-state index in [1.165, 1.54) is 22.3 Å². The minimum atomic E-state index is -3.19. The number of thioether (sulfide) groups is 1. The summed E-state index contributed by atoms with van der Waals surface area (Å²) in [6, 6.07) is 7.58. The largest absolute Gasteiger partial charge is 0.367 e. The number of amides is 2. The van der Waals surface area contributed by atoms with E-state index in [1.807, 2.05) is 31.2 Å². The number of hydrogen-bond acceptors (Lipinski definition) is 7. The van der Waals surface area contributed by atoms with Crippen LogP contribution in [0.1, 0.15) is 13.3 Å². The van der Waals surface area contributed by atoms with Crippen molar-refractivity contribution in [2.75, 3.05) is 48.4 Å². The van der Waals surface area contributed by atoms with Gasteiger partial charge in [0.15, 0.2) is 0 Å². The molecule has 2 aliphatic rings. The first kappa shape index (κ1) is 21.9. The molecule has 2 saturated heterocycles. The Kier molecular flexibility index (Phi) is 7.04. The van der Waals surface area contributed by atoms with Gasteiger partial charge in [-0.2, -0.15) is 4.31 Å². The number of hydrogen-bond donors (Lipinski definition) is 3. The number of benzene rings is 1. The summed E-state index contributed by atoms with van der Waals surface area (Å²) in [6.07, 6.45) is 1.65. The molecule has 29 heavy (non-hydrogen) atoms. The molecule has 1 aromatic rings. The zero-order valence-electron chi connectivity index (χ0n) is 16.6. The fourth-order valence-corrected chi connectivity index (χ4v) is 5.15. The smallest absolute Gasteiger partial charge is 0.234 e. The molecule has 2 unspecified atom stereocenters. The lowest BCUT2D eigenvalue weighted by atomic mass is 10.2. The summed E-state index contributed by atoms with van der Waals surface area (Å²) in [5.41, 5.74) is 1.29. The van der Waals surface area contributed by atoms with Crippen molar-refractivity contribution in [2.45, 2.75) is 24.9 Å². The van der Waals surface area contributed by atoms with Gasteiger partial charge < -0.3 is 15.5 Å². The number of carbonyl (C=O) groups excluding carboxylic acids is 2. The second-order valence-corrected chi connectivity index (χ2v) is 10.3. The predicted octanol–water partition coefficient (Wildman–Crippen LogP) is 0.222. The summed E-state index contributed by atoms with van der Waals surface area (Å²) < 4.78 is 24.9. The van der Waals surface area contributed by atoms with Gasteiger partial charge in [0, 0.05) is 38.6 Å². The van der Waals surface area contributed by atoms with Crippen molar-refractivity contribution in [3.63, 3.8) is 0 Å². The van der Waals surface area contributed by atoms with Crippen molar-refractivity contribution in [1.82, 2.24) is 14.9 Å². The molecule has 0 spiro atoms. The van der Waals surface area contributed by atoms with Crippen LogP contribution in [0, 0.1) is 0 Å². The molecule has 0 radical (unpaired) electrons. The third-order valence-electron chi connectivity index (χ3n) is 4.83. The standard InChI is InChI=1S/C18H27N5O4S2/c1-13-11-16(24)21-18(19-13)28-12-17(25)20-14-5-3-4-6-15(14)22-7-9-23(10-8-22)29(2,26)27/h3-6,13,18-19H,7-12H2,1-2H3,(H,20,25)(H,21,24). The maximum absolute atomic E-state index is 12.5. The average Bonchev–Trinajstić information content (AvgIpc) is 2.66. The maximum Gasteiger partial charge on any atom is 0.234 e. The number of sulfonamides is 1.